The molecule has 1 nitrogen and oxygen atoms in total. The first-order valence-electron chi connectivity index (χ1n) is 5.97. The van der Waals surface area contributed by atoms with Gasteiger partial charge in [-0.3, -0.25) is 0 Å². The molecular formula is C13H17F3IN. The predicted octanol–water partition coefficient (Wildman–Crippen LogP) is 4.40. The van der Waals surface area contributed by atoms with Crippen LogP contribution in [0.2, 0.25) is 0 Å². The van der Waals surface area contributed by atoms with Gasteiger partial charge < -0.3 is 5.32 Å². The van der Waals surface area contributed by atoms with Crippen molar-refractivity contribution in [2.24, 2.45) is 0 Å². The number of unbranched alkanes of at least 4 members (excludes halogenated alkanes) is 2. The standard InChI is InChI=1S/C13H17F3IN/c14-13(15,16)12-6-4-5-11(9-12)10-18-8-3-1-2-7-17/h4-6,9,18H,1-3,7-8,10H2. The summed E-state index contributed by atoms with van der Waals surface area (Å²) >= 11 is 2.34. The first kappa shape index (κ1) is 15.8. The second-order valence-corrected chi connectivity index (χ2v) is 5.20. The van der Waals surface area contributed by atoms with E-state index in [1.165, 1.54) is 25.0 Å². The Morgan fingerprint density at radius 3 is 2.56 bits per heavy atom. The second-order valence-electron chi connectivity index (χ2n) is 4.12. The van der Waals surface area contributed by atoms with Crippen molar-refractivity contribution >= 4 is 22.6 Å². The Morgan fingerprint density at radius 2 is 1.89 bits per heavy atom. The van der Waals surface area contributed by atoms with E-state index in [1.54, 1.807) is 6.07 Å². The molecule has 0 unspecified atom stereocenters. The zero-order valence-corrected chi connectivity index (χ0v) is 12.2. The average molecular weight is 371 g/mol. The lowest BCUT2D eigenvalue weighted by atomic mass is 10.1. The summed E-state index contributed by atoms with van der Waals surface area (Å²) in [6.45, 7) is 1.35. The van der Waals surface area contributed by atoms with E-state index < -0.39 is 11.7 Å². The van der Waals surface area contributed by atoms with E-state index in [4.69, 9.17) is 0 Å². The molecule has 0 fully saturated rings. The highest BCUT2D eigenvalue weighted by atomic mass is 127. The van der Waals surface area contributed by atoms with Gasteiger partial charge in [0, 0.05) is 6.54 Å². The van der Waals surface area contributed by atoms with Crippen LogP contribution in [-0.4, -0.2) is 11.0 Å². The minimum Gasteiger partial charge on any atom is -0.313 e. The molecule has 1 aromatic rings. The van der Waals surface area contributed by atoms with Crippen molar-refractivity contribution in [3.8, 4) is 0 Å². The molecule has 0 saturated heterocycles. The number of hydrogen-bond acceptors (Lipinski definition) is 1. The fourth-order valence-corrected chi connectivity index (χ4v) is 2.15. The summed E-state index contributed by atoms with van der Waals surface area (Å²) in [6.07, 6.45) is -0.817. The average Bonchev–Trinajstić information content (AvgIpc) is 2.33. The molecule has 0 aliphatic carbocycles. The molecule has 0 aromatic heterocycles. The van der Waals surface area contributed by atoms with Crippen LogP contribution in [0.15, 0.2) is 24.3 Å². The lowest BCUT2D eigenvalue weighted by Gasteiger charge is -2.09. The summed E-state index contributed by atoms with van der Waals surface area (Å²) in [6, 6.07) is 5.48. The van der Waals surface area contributed by atoms with Gasteiger partial charge in [0.15, 0.2) is 0 Å². The lowest BCUT2D eigenvalue weighted by Crippen LogP contribution is -2.15. The molecule has 1 aromatic carbocycles. The smallest absolute Gasteiger partial charge is 0.313 e. The quantitative estimate of drug-likeness (QED) is 0.426. The minimum absolute atomic E-state index is 0.494. The van der Waals surface area contributed by atoms with E-state index in [2.05, 4.69) is 27.9 Å². The van der Waals surface area contributed by atoms with Crippen LogP contribution in [0.5, 0.6) is 0 Å². The highest BCUT2D eigenvalue weighted by Gasteiger charge is 2.30. The maximum atomic E-state index is 12.5. The zero-order valence-electron chi connectivity index (χ0n) is 10.1. The van der Waals surface area contributed by atoms with Crippen LogP contribution in [0, 0.1) is 0 Å². The van der Waals surface area contributed by atoms with Gasteiger partial charge in [-0.15, -0.1) is 0 Å². The third-order valence-electron chi connectivity index (χ3n) is 2.57. The summed E-state index contributed by atoms with van der Waals surface area (Å²) in [7, 11) is 0. The maximum Gasteiger partial charge on any atom is 0.416 e. The molecule has 0 aliphatic rings. The Labute approximate surface area is 119 Å². The normalized spacial score (nSPS) is 11.8. The fourth-order valence-electron chi connectivity index (χ4n) is 1.61. The summed E-state index contributed by atoms with van der Waals surface area (Å²) in [5, 5.41) is 3.17. The Kier molecular flexibility index (Phi) is 6.99. The molecule has 0 aliphatic heterocycles. The van der Waals surface area contributed by atoms with Gasteiger partial charge in [0.25, 0.3) is 0 Å². The molecule has 0 atom stereocenters. The molecule has 0 heterocycles. The highest BCUT2D eigenvalue weighted by Crippen LogP contribution is 2.29. The highest BCUT2D eigenvalue weighted by molar-refractivity contribution is 14.1. The number of hydrogen-bond donors (Lipinski definition) is 1. The number of alkyl halides is 4. The number of benzene rings is 1. The molecule has 0 saturated carbocycles. The number of nitrogens with one attached hydrogen (secondary N) is 1. The zero-order chi connectivity index (χ0) is 13.4. The molecule has 102 valence electrons. The molecule has 0 spiro atoms. The summed E-state index contributed by atoms with van der Waals surface area (Å²) in [5.74, 6) is 0. The molecule has 0 amide bonds. The van der Waals surface area contributed by atoms with E-state index in [-0.39, 0.29) is 0 Å². The minimum atomic E-state index is -4.25. The summed E-state index contributed by atoms with van der Waals surface area (Å²) < 4.78 is 38.6. The molecule has 0 radical (unpaired) electrons. The van der Waals surface area contributed by atoms with Crippen molar-refractivity contribution in [1.82, 2.24) is 5.32 Å². The van der Waals surface area contributed by atoms with Crippen molar-refractivity contribution in [3.63, 3.8) is 0 Å². The van der Waals surface area contributed by atoms with Crippen molar-refractivity contribution in [1.29, 1.82) is 0 Å². The molecule has 1 rings (SSSR count). The molecule has 1 N–H and O–H groups in total. The topological polar surface area (TPSA) is 12.0 Å². The van der Waals surface area contributed by atoms with Crippen LogP contribution in [0.25, 0.3) is 0 Å². The maximum absolute atomic E-state index is 12.5. The molecular weight excluding hydrogens is 354 g/mol. The molecule has 18 heavy (non-hydrogen) atoms. The van der Waals surface area contributed by atoms with Crippen LogP contribution in [0.4, 0.5) is 13.2 Å². The van der Waals surface area contributed by atoms with Gasteiger partial charge in [-0.25, -0.2) is 0 Å². The van der Waals surface area contributed by atoms with Crippen molar-refractivity contribution in [3.05, 3.63) is 35.4 Å². The predicted molar refractivity (Wildman–Crippen MR) is 75.9 cm³/mol. The van der Waals surface area contributed by atoms with Gasteiger partial charge in [0.05, 0.1) is 5.56 Å². The second kappa shape index (κ2) is 7.99. The van der Waals surface area contributed by atoms with Crippen molar-refractivity contribution in [2.45, 2.75) is 32.0 Å². The van der Waals surface area contributed by atoms with Gasteiger partial charge in [-0.05, 0) is 35.4 Å². The van der Waals surface area contributed by atoms with E-state index in [9.17, 15) is 13.2 Å². The largest absolute Gasteiger partial charge is 0.416 e. The number of rotatable bonds is 7. The van der Waals surface area contributed by atoms with Gasteiger partial charge in [0.1, 0.15) is 0 Å². The van der Waals surface area contributed by atoms with Gasteiger partial charge in [-0.2, -0.15) is 13.2 Å². The monoisotopic (exact) mass is 371 g/mol. The number of halogens is 4. The Balaban J connectivity index is 2.34. The van der Waals surface area contributed by atoms with E-state index in [1.807, 2.05) is 0 Å². The van der Waals surface area contributed by atoms with E-state index >= 15 is 0 Å². The van der Waals surface area contributed by atoms with Crippen molar-refractivity contribution in [2.75, 3.05) is 11.0 Å². The molecule has 5 heteroatoms. The third kappa shape index (κ3) is 6.04. The Hall–Kier alpha value is -0.300. The van der Waals surface area contributed by atoms with Gasteiger partial charge in [0.2, 0.25) is 0 Å². The Morgan fingerprint density at radius 1 is 1.11 bits per heavy atom. The van der Waals surface area contributed by atoms with Crippen LogP contribution in [-0.2, 0) is 12.7 Å². The van der Waals surface area contributed by atoms with Crippen LogP contribution < -0.4 is 5.32 Å². The fraction of sp³-hybridized carbons (Fsp3) is 0.538. The first-order valence-corrected chi connectivity index (χ1v) is 7.49. The van der Waals surface area contributed by atoms with Gasteiger partial charge >= 0.3 is 6.18 Å². The first-order chi connectivity index (χ1) is 8.54. The van der Waals surface area contributed by atoms with Gasteiger partial charge in [-0.1, -0.05) is 47.2 Å². The Bertz CT molecular complexity index is 352. The third-order valence-corrected chi connectivity index (χ3v) is 3.33. The van der Waals surface area contributed by atoms with Crippen molar-refractivity contribution < 1.29 is 13.2 Å². The van der Waals surface area contributed by atoms with Crippen LogP contribution in [0.3, 0.4) is 0 Å². The summed E-state index contributed by atoms with van der Waals surface area (Å²) in [4.78, 5) is 0. The van der Waals surface area contributed by atoms with E-state index in [0.29, 0.717) is 12.1 Å². The summed E-state index contributed by atoms with van der Waals surface area (Å²) in [5.41, 5.74) is 0.102. The SMILES string of the molecule is FC(F)(F)c1cccc(CNCCCCCI)c1. The van der Waals surface area contributed by atoms with Crippen LogP contribution >= 0.6 is 22.6 Å². The molecule has 0 bridgehead atoms. The lowest BCUT2D eigenvalue weighted by molar-refractivity contribution is -0.137. The van der Waals surface area contributed by atoms with E-state index in [0.717, 1.165) is 23.5 Å². The van der Waals surface area contributed by atoms with Crippen LogP contribution in [0.1, 0.15) is 30.4 Å².